The Morgan fingerprint density at radius 1 is 1.11 bits per heavy atom. The first-order valence-electron chi connectivity index (χ1n) is 6.43. The molecule has 0 saturated carbocycles. The van der Waals surface area contributed by atoms with Crippen LogP contribution >= 0.6 is 0 Å². The van der Waals surface area contributed by atoms with E-state index in [0.29, 0.717) is 18.9 Å². The number of para-hydroxylation sites is 1. The number of aromatic hydroxyl groups is 1. The van der Waals surface area contributed by atoms with Crippen LogP contribution in [0.5, 0.6) is 11.5 Å². The van der Waals surface area contributed by atoms with E-state index < -0.39 is 0 Å². The molecule has 0 aliphatic rings. The van der Waals surface area contributed by atoms with Gasteiger partial charge in [0.1, 0.15) is 18.1 Å². The molecule has 2 aromatic rings. The first-order valence-corrected chi connectivity index (χ1v) is 6.43. The number of nitrogens with one attached hydrogen (secondary N) is 1. The van der Waals surface area contributed by atoms with Gasteiger partial charge in [0.25, 0.3) is 0 Å². The van der Waals surface area contributed by atoms with E-state index in [1.54, 1.807) is 6.07 Å². The zero-order valence-corrected chi connectivity index (χ0v) is 11.1. The molecule has 0 radical (unpaired) electrons. The van der Waals surface area contributed by atoms with Crippen LogP contribution in [0, 0.1) is 6.92 Å². The van der Waals surface area contributed by atoms with Crippen molar-refractivity contribution in [3.63, 3.8) is 0 Å². The lowest BCUT2D eigenvalue weighted by Crippen LogP contribution is -2.20. The number of rotatable bonds is 6. The molecule has 0 fully saturated rings. The summed E-state index contributed by atoms with van der Waals surface area (Å²) in [6, 6.07) is 15.4. The molecule has 0 bridgehead atoms. The summed E-state index contributed by atoms with van der Waals surface area (Å²) in [5.41, 5.74) is 2.06. The van der Waals surface area contributed by atoms with Crippen molar-refractivity contribution in [1.82, 2.24) is 5.32 Å². The van der Waals surface area contributed by atoms with Crippen LogP contribution in [0.2, 0.25) is 0 Å². The molecule has 0 saturated heterocycles. The zero-order valence-electron chi connectivity index (χ0n) is 11.1. The molecule has 2 aromatic carbocycles. The number of aryl methyl sites for hydroxylation is 1. The Morgan fingerprint density at radius 2 is 1.89 bits per heavy atom. The van der Waals surface area contributed by atoms with Crippen LogP contribution < -0.4 is 10.1 Å². The van der Waals surface area contributed by atoms with E-state index in [1.807, 2.05) is 49.4 Å². The summed E-state index contributed by atoms with van der Waals surface area (Å²) in [4.78, 5) is 0. The molecule has 0 amide bonds. The average molecular weight is 257 g/mol. The van der Waals surface area contributed by atoms with Crippen LogP contribution in [0.3, 0.4) is 0 Å². The van der Waals surface area contributed by atoms with Gasteiger partial charge in [0.2, 0.25) is 0 Å². The number of ether oxygens (including phenoxy) is 1. The second-order valence-electron chi connectivity index (χ2n) is 4.47. The van der Waals surface area contributed by atoms with Gasteiger partial charge < -0.3 is 15.2 Å². The Hall–Kier alpha value is -2.00. The van der Waals surface area contributed by atoms with Crippen molar-refractivity contribution in [2.45, 2.75) is 13.5 Å². The van der Waals surface area contributed by atoms with Gasteiger partial charge in [-0.2, -0.15) is 0 Å². The number of phenols is 1. The van der Waals surface area contributed by atoms with E-state index in [0.717, 1.165) is 23.4 Å². The van der Waals surface area contributed by atoms with Crippen molar-refractivity contribution in [3.05, 3.63) is 59.7 Å². The van der Waals surface area contributed by atoms with E-state index in [1.165, 1.54) is 0 Å². The number of hydrogen-bond donors (Lipinski definition) is 2. The summed E-state index contributed by atoms with van der Waals surface area (Å²) in [6.45, 7) is 4.01. The molecule has 0 unspecified atom stereocenters. The largest absolute Gasteiger partial charge is 0.508 e. The molecule has 0 aliphatic carbocycles. The zero-order chi connectivity index (χ0) is 13.5. The standard InChI is InChI=1S/C16H19NO2/c1-13-7-8-16(18)14(11-13)12-17-9-10-19-15-5-3-2-4-6-15/h2-8,11,17-18H,9-10,12H2,1H3. The van der Waals surface area contributed by atoms with E-state index in [2.05, 4.69) is 5.32 Å². The minimum atomic E-state index is 0.335. The average Bonchev–Trinajstić information content (AvgIpc) is 2.43. The summed E-state index contributed by atoms with van der Waals surface area (Å²) in [7, 11) is 0. The van der Waals surface area contributed by atoms with E-state index >= 15 is 0 Å². The fraction of sp³-hybridized carbons (Fsp3) is 0.250. The Labute approximate surface area is 113 Å². The molecule has 3 nitrogen and oxygen atoms in total. The van der Waals surface area contributed by atoms with Crippen molar-refractivity contribution in [2.24, 2.45) is 0 Å². The molecule has 0 atom stereocenters. The normalized spacial score (nSPS) is 10.4. The van der Waals surface area contributed by atoms with Crippen molar-refractivity contribution in [2.75, 3.05) is 13.2 Å². The highest BCUT2D eigenvalue weighted by Crippen LogP contribution is 2.17. The molecule has 3 heteroatoms. The third-order valence-corrected chi connectivity index (χ3v) is 2.84. The molecule has 2 rings (SSSR count). The summed E-state index contributed by atoms with van der Waals surface area (Å²) in [5, 5.41) is 13.0. The monoisotopic (exact) mass is 257 g/mol. The van der Waals surface area contributed by atoms with Gasteiger partial charge >= 0.3 is 0 Å². The maximum absolute atomic E-state index is 9.70. The van der Waals surface area contributed by atoms with E-state index in [9.17, 15) is 5.11 Å². The van der Waals surface area contributed by atoms with Crippen molar-refractivity contribution < 1.29 is 9.84 Å². The van der Waals surface area contributed by atoms with Crippen LogP contribution in [0.4, 0.5) is 0 Å². The van der Waals surface area contributed by atoms with Gasteiger partial charge in [-0.25, -0.2) is 0 Å². The van der Waals surface area contributed by atoms with Crippen LogP contribution in [-0.2, 0) is 6.54 Å². The van der Waals surface area contributed by atoms with Crippen LogP contribution in [0.15, 0.2) is 48.5 Å². The molecule has 0 aromatic heterocycles. The van der Waals surface area contributed by atoms with Crippen molar-refractivity contribution >= 4 is 0 Å². The molecule has 100 valence electrons. The predicted octanol–water partition coefficient (Wildman–Crippen LogP) is 2.87. The summed E-state index contributed by atoms with van der Waals surface area (Å²) in [5.74, 6) is 1.21. The Morgan fingerprint density at radius 3 is 2.68 bits per heavy atom. The fourth-order valence-electron chi connectivity index (χ4n) is 1.84. The third kappa shape index (κ3) is 4.30. The van der Waals surface area contributed by atoms with Gasteiger partial charge in [0.15, 0.2) is 0 Å². The summed E-state index contributed by atoms with van der Waals surface area (Å²) < 4.78 is 5.57. The van der Waals surface area contributed by atoms with E-state index in [-0.39, 0.29) is 0 Å². The van der Waals surface area contributed by atoms with Gasteiger partial charge in [-0.15, -0.1) is 0 Å². The minimum Gasteiger partial charge on any atom is -0.508 e. The van der Waals surface area contributed by atoms with Crippen LogP contribution in [0.1, 0.15) is 11.1 Å². The Kier molecular flexibility index (Phi) is 4.81. The molecule has 0 heterocycles. The first-order chi connectivity index (χ1) is 9.25. The predicted molar refractivity (Wildman–Crippen MR) is 76.5 cm³/mol. The van der Waals surface area contributed by atoms with Crippen molar-refractivity contribution in [3.8, 4) is 11.5 Å². The minimum absolute atomic E-state index is 0.335. The maximum atomic E-state index is 9.70. The number of phenolic OH excluding ortho intramolecular Hbond substituents is 1. The van der Waals surface area contributed by atoms with Gasteiger partial charge in [0.05, 0.1) is 0 Å². The van der Waals surface area contributed by atoms with Crippen LogP contribution in [0.25, 0.3) is 0 Å². The molecular formula is C16H19NO2. The SMILES string of the molecule is Cc1ccc(O)c(CNCCOc2ccccc2)c1. The summed E-state index contributed by atoms with van der Waals surface area (Å²) in [6.07, 6.45) is 0. The Balaban J connectivity index is 1.71. The van der Waals surface area contributed by atoms with E-state index in [4.69, 9.17) is 4.74 Å². The number of benzene rings is 2. The van der Waals surface area contributed by atoms with Gasteiger partial charge in [-0.05, 0) is 25.1 Å². The highest BCUT2D eigenvalue weighted by Gasteiger charge is 2.00. The second-order valence-corrected chi connectivity index (χ2v) is 4.47. The van der Waals surface area contributed by atoms with Crippen LogP contribution in [-0.4, -0.2) is 18.3 Å². The lowest BCUT2D eigenvalue weighted by atomic mass is 10.1. The smallest absolute Gasteiger partial charge is 0.120 e. The second kappa shape index (κ2) is 6.81. The molecule has 0 spiro atoms. The lowest BCUT2D eigenvalue weighted by molar-refractivity contribution is 0.313. The molecule has 0 aliphatic heterocycles. The third-order valence-electron chi connectivity index (χ3n) is 2.84. The molecule has 2 N–H and O–H groups in total. The fourth-order valence-corrected chi connectivity index (χ4v) is 1.84. The highest BCUT2D eigenvalue weighted by atomic mass is 16.5. The first kappa shape index (κ1) is 13.4. The molecule has 19 heavy (non-hydrogen) atoms. The Bertz CT molecular complexity index is 511. The topological polar surface area (TPSA) is 41.5 Å². The van der Waals surface area contributed by atoms with Gasteiger partial charge in [-0.1, -0.05) is 35.9 Å². The van der Waals surface area contributed by atoms with Crippen molar-refractivity contribution in [1.29, 1.82) is 0 Å². The number of hydrogen-bond acceptors (Lipinski definition) is 3. The van der Waals surface area contributed by atoms with Gasteiger partial charge in [0, 0.05) is 18.7 Å². The van der Waals surface area contributed by atoms with Gasteiger partial charge in [-0.3, -0.25) is 0 Å². The summed E-state index contributed by atoms with van der Waals surface area (Å²) >= 11 is 0. The maximum Gasteiger partial charge on any atom is 0.120 e. The quantitative estimate of drug-likeness (QED) is 0.782. The highest BCUT2D eigenvalue weighted by molar-refractivity contribution is 5.35. The lowest BCUT2D eigenvalue weighted by Gasteiger charge is -2.09. The molecular weight excluding hydrogens is 238 g/mol.